The lowest BCUT2D eigenvalue weighted by molar-refractivity contribution is -0.122. The van der Waals surface area contributed by atoms with E-state index in [1.807, 2.05) is 0 Å². The largest absolute Gasteiger partial charge is 0.330 e. The van der Waals surface area contributed by atoms with Crippen LogP contribution in [0.15, 0.2) is 0 Å². The monoisotopic (exact) mass is 281 g/mol. The Bertz CT molecular complexity index is 323. The minimum Gasteiger partial charge on any atom is -0.330 e. The molecule has 0 bridgehead atoms. The third-order valence-electron chi connectivity index (χ3n) is 1.90. The Morgan fingerprint density at radius 3 is 2.35 bits per heavy atom. The lowest BCUT2D eigenvalue weighted by atomic mass is 10.4. The first-order valence-corrected chi connectivity index (χ1v) is 6.14. The number of nitrogens with one attached hydrogen (secondary N) is 1. The van der Waals surface area contributed by atoms with Crippen molar-refractivity contribution < 1.29 is 26.0 Å². The summed E-state index contributed by atoms with van der Waals surface area (Å²) in [7, 11) is -3.05. The summed E-state index contributed by atoms with van der Waals surface area (Å²) in [4.78, 5) is 0. The fourth-order valence-corrected chi connectivity index (χ4v) is 1.77. The molecule has 0 aromatic heterocycles. The normalized spacial score (nSPS) is 13.6. The van der Waals surface area contributed by atoms with Gasteiger partial charge in [0.15, 0.2) is 0 Å². The van der Waals surface area contributed by atoms with Gasteiger partial charge in [-0.05, 0) is 13.0 Å². The molecule has 0 saturated heterocycles. The number of halogens is 4. The molecule has 0 fully saturated rings. The average molecular weight is 281 g/mol. The molecule has 0 aliphatic rings. The molecule has 17 heavy (non-hydrogen) atoms. The molecule has 10 heteroatoms. The second kappa shape index (κ2) is 6.47. The van der Waals surface area contributed by atoms with Crippen LogP contribution in [0.2, 0.25) is 0 Å². The molecule has 0 aliphatic heterocycles. The van der Waals surface area contributed by atoms with E-state index in [4.69, 9.17) is 5.73 Å². The Balaban J connectivity index is 4.37. The smallest absolute Gasteiger partial charge is 0.320 e. The molecule has 104 valence electrons. The van der Waals surface area contributed by atoms with Gasteiger partial charge in [-0.1, -0.05) is 0 Å². The number of nitrogens with two attached hydrogens (primary N) is 1. The summed E-state index contributed by atoms with van der Waals surface area (Å²) in [6.45, 7) is -1.39. The molecule has 0 amide bonds. The van der Waals surface area contributed by atoms with Crippen LogP contribution in [0.4, 0.5) is 17.6 Å². The third-order valence-corrected chi connectivity index (χ3v) is 3.41. The maximum atomic E-state index is 12.5. The van der Waals surface area contributed by atoms with Gasteiger partial charge in [0.25, 0.3) is 10.2 Å². The first kappa shape index (κ1) is 16.6. The summed E-state index contributed by atoms with van der Waals surface area (Å²) in [5, 5.41) is 0. The van der Waals surface area contributed by atoms with Gasteiger partial charge in [-0.2, -0.15) is 26.2 Å². The summed E-state index contributed by atoms with van der Waals surface area (Å²) in [6.07, 6.45) is -3.58. The highest BCUT2D eigenvalue weighted by Crippen LogP contribution is 2.21. The van der Waals surface area contributed by atoms with Gasteiger partial charge in [0.2, 0.25) is 0 Å². The molecule has 3 N–H and O–H groups in total. The van der Waals surface area contributed by atoms with Crippen LogP contribution in [0.25, 0.3) is 0 Å². The highest BCUT2D eigenvalue weighted by atomic mass is 32.2. The van der Waals surface area contributed by atoms with Crippen LogP contribution >= 0.6 is 0 Å². The molecule has 0 aliphatic carbocycles. The minimum absolute atomic E-state index is 0.0199. The van der Waals surface area contributed by atoms with E-state index in [-0.39, 0.29) is 13.1 Å². The van der Waals surface area contributed by atoms with Gasteiger partial charge in [-0.3, -0.25) is 0 Å². The summed E-state index contributed by atoms with van der Waals surface area (Å²) < 4.78 is 73.3. The van der Waals surface area contributed by atoms with Crippen molar-refractivity contribution in [2.75, 3.05) is 26.7 Å². The Labute approximate surface area is 97.1 Å². The van der Waals surface area contributed by atoms with E-state index >= 15 is 0 Å². The van der Waals surface area contributed by atoms with E-state index in [0.717, 1.165) is 11.4 Å². The molecular weight excluding hydrogens is 266 g/mol. The van der Waals surface area contributed by atoms with Crippen molar-refractivity contribution >= 4 is 10.2 Å². The number of nitrogens with zero attached hydrogens (tertiary/aromatic N) is 1. The van der Waals surface area contributed by atoms with Crippen LogP contribution in [0.3, 0.4) is 0 Å². The van der Waals surface area contributed by atoms with Crippen molar-refractivity contribution in [3.8, 4) is 0 Å². The van der Waals surface area contributed by atoms with Gasteiger partial charge in [0, 0.05) is 13.6 Å². The lowest BCUT2D eigenvalue weighted by Gasteiger charge is -2.20. The molecule has 0 heterocycles. The van der Waals surface area contributed by atoms with Gasteiger partial charge in [0.05, 0.1) is 6.54 Å². The topological polar surface area (TPSA) is 75.4 Å². The van der Waals surface area contributed by atoms with Gasteiger partial charge in [-0.15, -0.1) is 0 Å². The van der Waals surface area contributed by atoms with Crippen molar-refractivity contribution in [3.63, 3.8) is 0 Å². The van der Waals surface area contributed by atoms with Gasteiger partial charge < -0.3 is 5.73 Å². The van der Waals surface area contributed by atoms with Crippen LogP contribution in [0.1, 0.15) is 6.42 Å². The zero-order valence-electron chi connectivity index (χ0n) is 9.17. The van der Waals surface area contributed by atoms with E-state index in [0.29, 0.717) is 6.42 Å². The van der Waals surface area contributed by atoms with Crippen molar-refractivity contribution in [2.24, 2.45) is 5.73 Å². The van der Waals surface area contributed by atoms with Crippen LogP contribution in [0.5, 0.6) is 0 Å². The second-order valence-corrected chi connectivity index (χ2v) is 5.21. The molecule has 0 radical (unpaired) electrons. The maximum absolute atomic E-state index is 12.5. The Kier molecular flexibility index (Phi) is 6.30. The first-order chi connectivity index (χ1) is 7.63. The molecule has 0 spiro atoms. The molecule has 0 aromatic rings. The van der Waals surface area contributed by atoms with E-state index in [9.17, 15) is 26.0 Å². The number of alkyl halides is 4. The van der Waals surface area contributed by atoms with Crippen molar-refractivity contribution in [2.45, 2.75) is 18.8 Å². The molecule has 0 unspecified atom stereocenters. The second-order valence-electron chi connectivity index (χ2n) is 3.35. The van der Waals surface area contributed by atoms with Crippen LogP contribution in [0, 0.1) is 0 Å². The lowest BCUT2D eigenvalue weighted by Crippen LogP contribution is -2.46. The highest BCUT2D eigenvalue weighted by Gasteiger charge is 2.41. The zero-order valence-corrected chi connectivity index (χ0v) is 9.98. The average Bonchev–Trinajstić information content (AvgIpc) is 2.23. The minimum atomic E-state index is -4.39. The first-order valence-electron chi connectivity index (χ1n) is 4.70. The summed E-state index contributed by atoms with van der Waals surface area (Å²) in [5.41, 5.74) is 5.14. The molecule has 0 rings (SSSR count). The number of rotatable bonds is 8. The number of hydrogen-bond donors (Lipinski definition) is 2. The maximum Gasteiger partial charge on any atom is 0.320 e. The summed E-state index contributed by atoms with van der Waals surface area (Å²) in [6, 6.07) is 0. The van der Waals surface area contributed by atoms with E-state index in [1.165, 1.54) is 4.72 Å². The predicted molar refractivity (Wildman–Crippen MR) is 54.2 cm³/mol. The van der Waals surface area contributed by atoms with Gasteiger partial charge >= 0.3 is 12.3 Å². The molecule has 0 atom stereocenters. The fourth-order valence-electron chi connectivity index (χ4n) is 0.809. The zero-order chi connectivity index (χ0) is 13.7. The molecule has 0 aromatic carbocycles. The molecule has 0 saturated carbocycles. The third kappa shape index (κ3) is 5.61. The van der Waals surface area contributed by atoms with Crippen LogP contribution in [-0.4, -0.2) is 51.8 Å². The van der Waals surface area contributed by atoms with E-state index in [1.54, 1.807) is 0 Å². The van der Waals surface area contributed by atoms with Gasteiger partial charge in [0.1, 0.15) is 0 Å². The van der Waals surface area contributed by atoms with Crippen molar-refractivity contribution in [3.05, 3.63) is 0 Å². The van der Waals surface area contributed by atoms with Crippen molar-refractivity contribution in [1.29, 1.82) is 0 Å². The van der Waals surface area contributed by atoms with Gasteiger partial charge in [-0.25, -0.2) is 8.78 Å². The Hall–Kier alpha value is -0.450. The molecular formula is C7H15F4N3O2S. The predicted octanol–water partition coefficient (Wildman–Crippen LogP) is 0.00180. The van der Waals surface area contributed by atoms with Crippen LogP contribution in [-0.2, 0) is 10.2 Å². The fraction of sp³-hybridized carbons (Fsp3) is 1.00. The Morgan fingerprint density at radius 1 is 1.41 bits per heavy atom. The Morgan fingerprint density at radius 2 is 1.94 bits per heavy atom. The highest BCUT2D eigenvalue weighted by molar-refractivity contribution is 7.87. The summed E-state index contributed by atoms with van der Waals surface area (Å²) >= 11 is 0. The van der Waals surface area contributed by atoms with E-state index < -0.39 is 29.1 Å². The molecule has 5 nitrogen and oxygen atoms in total. The van der Waals surface area contributed by atoms with Crippen molar-refractivity contribution in [1.82, 2.24) is 9.03 Å². The quantitative estimate of drug-likeness (QED) is 0.615. The van der Waals surface area contributed by atoms with E-state index in [2.05, 4.69) is 0 Å². The van der Waals surface area contributed by atoms with Crippen LogP contribution < -0.4 is 10.5 Å². The SMILES string of the molecule is CN(CCCN)S(=O)(=O)NCC(F)(F)C(F)F. The summed E-state index contributed by atoms with van der Waals surface area (Å²) in [5.74, 6) is -4.39. The standard InChI is InChI=1S/C7H15F4N3O2S/c1-14(4-2-3-12)17(15,16)13-5-7(10,11)6(8)9/h6,13H,2-5,12H2,1H3. The number of hydrogen-bond acceptors (Lipinski definition) is 3.